The molecule has 3 aromatic rings. The predicted molar refractivity (Wildman–Crippen MR) is 172 cm³/mol. The van der Waals surface area contributed by atoms with Gasteiger partial charge in [0.05, 0.1) is 56.1 Å². The van der Waals surface area contributed by atoms with E-state index in [2.05, 4.69) is 4.90 Å². The Labute approximate surface area is 282 Å². The normalized spacial score (nSPS) is 23.1. The lowest BCUT2D eigenvalue weighted by Gasteiger charge is -2.39. The van der Waals surface area contributed by atoms with E-state index in [1.807, 2.05) is 41.3 Å². The first-order valence-electron chi connectivity index (χ1n) is 15.3. The van der Waals surface area contributed by atoms with Gasteiger partial charge in [-0.2, -0.15) is 0 Å². The number of carbonyl (C=O) groups is 2. The van der Waals surface area contributed by atoms with E-state index in [1.54, 1.807) is 20.3 Å². The highest BCUT2D eigenvalue weighted by atomic mass is 35.5. The van der Waals surface area contributed by atoms with Crippen molar-refractivity contribution >= 4 is 40.8 Å². The number of methoxy groups -OCH3 is 3. The summed E-state index contributed by atoms with van der Waals surface area (Å²) in [4.78, 5) is 31.3. The summed E-state index contributed by atoms with van der Waals surface area (Å²) in [6.07, 6.45) is -0.742. The maximum atomic E-state index is 13.6. The Kier molecular flexibility index (Phi) is 8.63. The zero-order valence-electron chi connectivity index (χ0n) is 26.1. The lowest BCUT2D eigenvalue weighted by molar-refractivity contribution is -0.156. The Morgan fingerprint density at radius 2 is 1.57 bits per heavy atom. The molecular weight excluding hydrogens is 651 g/mol. The number of rotatable bonds is 8. The van der Waals surface area contributed by atoms with Crippen molar-refractivity contribution in [3.8, 4) is 28.7 Å². The highest BCUT2D eigenvalue weighted by Gasteiger charge is 2.54. The number of hydrogen-bond acceptors (Lipinski definition) is 11. The monoisotopic (exact) mass is 684 g/mol. The van der Waals surface area contributed by atoms with Crippen LogP contribution in [0.3, 0.4) is 0 Å². The fourth-order valence-corrected chi connectivity index (χ4v) is 7.60. The van der Waals surface area contributed by atoms with E-state index in [0.717, 1.165) is 22.4 Å². The smallest absolute Gasteiger partial charge is 0.320 e. The fraction of sp³-hybridized carbons (Fsp3) is 0.412. The van der Waals surface area contributed by atoms with E-state index in [4.69, 9.17) is 56.4 Å². The number of esters is 2. The van der Waals surface area contributed by atoms with Gasteiger partial charge in [0.2, 0.25) is 12.5 Å². The van der Waals surface area contributed by atoms with Gasteiger partial charge < -0.3 is 38.1 Å². The van der Waals surface area contributed by atoms with Crippen LogP contribution in [0.25, 0.3) is 0 Å². The van der Waals surface area contributed by atoms with Gasteiger partial charge in [-0.3, -0.25) is 14.5 Å². The molecule has 3 aliphatic heterocycles. The van der Waals surface area contributed by atoms with Crippen LogP contribution in [0.1, 0.15) is 28.7 Å². The van der Waals surface area contributed by atoms with Gasteiger partial charge in [0.15, 0.2) is 23.0 Å². The van der Waals surface area contributed by atoms with Gasteiger partial charge in [0.1, 0.15) is 6.10 Å². The minimum atomic E-state index is -0.742. The zero-order valence-corrected chi connectivity index (χ0v) is 27.6. The molecule has 2 saturated heterocycles. The van der Waals surface area contributed by atoms with Crippen LogP contribution in [0, 0.1) is 11.8 Å². The number of piperazine rings is 1. The second kappa shape index (κ2) is 12.9. The second-order valence-electron chi connectivity index (χ2n) is 11.8. The van der Waals surface area contributed by atoms with Crippen molar-refractivity contribution in [1.82, 2.24) is 4.90 Å². The number of carbonyl (C=O) groups excluding carboxylic acids is 2. The van der Waals surface area contributed by atoms with Gasteiger partial charge in [0.25, 0.3) is 0 Å². The van der Waals surface area contributed by atoms with E-state index >= 15 is 0 Å². The summed E-state index contributed by atoms with van der Waals surface area (Å²) in [5.41, 5.74) is 3.14. The maximum Gasteiger partial charge on any atom is 0.320 e. The molecule has 248 valence electrons. The topological polar surface area (TPSA) is 105 Å². The number of nitrogens with zero attached hydrogens (tertiary/aromatic N) is 2. The van der Waals surface area contributed by atoms with Crippen LogP contribution < -0.4 is 28.6 Å². The summed E-state index contributed by atoms with van der Waals surface area (Å²) in [5.74, 6) is 0.132. The Morgan fingerprint density at radius 3 is 2.23 bits per heavy atom. The van der Waals surface area contributed by atoms with Crippen molar-refractivity contribution < 1.29 is 42.7 Å². The molecule has 4 aliphatic rings. The molecule has 0 N–H and O–H groups in total. The third-order valence-electron chi connectivity index (χ3n) is 9.42. The van der Waals surface area contributed by atoms with Crippen molar-refractivity contribution in [1.29, 1.82) is 0 Å². The lowest BCUT2D eigenvalue weighted by atomic mass is 9.66. The van der Waals surface area contributed by atoms with Crippen molar-refractivity contribution in [2.45, 2.75) is 12.0 Å². The molecule has 11 nitrogen and oxygen atoms in total. The summed E-state index contributed by atoms with van der Waals surface area (Å²) in [5, 5.41) is 1.03. The van der Waals surface area contributed by atoms with E-state index in [-0.39, 0.29) is 25.9 Å². The maximum absolute atomic E-state index is 13.6. The Bertz CT molecular complexity index is 1690. The molecule has 0 unspecified atom stereocenters. The second-order valence-corrected chi connectivity index (χ2v) is 12.6. The standard InChI is InChI=1S/C34H34Cl2N2O9/c1-41-26-11-18(12-27(42-2)33(26)43-3)29-19-13-24-25(46-17-45-24)14-20(19)32(21-16-44-34(40)30(21)29)47-28(39)15-37-7-9-38(10-8-37)23-6-4-5-22(35)31(23)36/h4-6,11-14,21,29-30,32H,7-10,15-17H2,1-3H3/t21-,29+,30-,32-/m0/s1. The van der Waals surface area contributed by atoms with Crippen LogP contribution in [0.5, 0.6) is 28.7 Å². The molecule has 0 amide bonds. The molecule has 13 heteroatoms. The third kappa shape index (κ3) is 5.64. The number of benzene rings is 3. The van der Waals surface area contributed by atoms with Gasteiger partial charge in [-0.1, -0.05) is 29.3 Å². The zero-order chi connectivity index (χ0) is 32.8. The Balaban J connectivity index is 1.17. The van der Waals surface area contributed by atoms with Crippen molar-refractivity contribution in [2.24, 2.45) is 11.8 Å². The van der Waals surface area contributed by atoms with Crippen LogP contribution >= 0.6 is 23.2 Å². The Hall–Kier alpha value is -4.06. The number of cyclic esters (lactones) is 1. The number of ether oxygens (including phenoxy) is 7. The summed E-state index contributed by atoms with van der Waals surface area (Å²) < 4.78 is 40.2. The molecule has 7 rings (SSSR count). The van der Waals surface area contributed by atoms with Crippen molar-refractivity contribution in [2.75, 3.05) is 72.4 Å². The van der Waals surface area contributed by atoms with Crippen LogP contribution in [-0.4, -0.2) is 84.3 Å². The van der Waals surface area contributed by atoms with Crippen LogP contribution in [0.4, 0.5) is 5.69 Å². The summed E-state index contributed by atoms with van der Waals surface area (Å²) in [7, 11) is 4.62. The Morgan fingerprint density at radius 1 is 0.894 bits per heavy atom. The largest absolute Gasteiger partial charge is 0.493 e. The first-order chi connectivity index (χ1) is 22.8. The highest BCUT2D eigenvalue weighted by Crippen LogP contribution is 2.56. The van der Waals surface area contributed by atoms with E-state index in [9.17, 15) is 9.59 Å². The SMILES string of the molecule is COc1cc([C@@H]2c3cc4c(cc3[C@H](OC(=O)CN3CCN(c5cccc(Cl)c5Cl)CC3)[C@H]3COC(=O)[C@H]23)OCO4)cc(OC)c1OC. The molecule has 3 aromatic carbocycles. The molecule has 3 heterocycles. The summed E-state index contributed by atoms with van der Waals surface area (Å²) >= 11 is 12.7. The van der Waals surface area contributed by atoms with Gasteiger partial charge in [-0.05, 0) is 47.5 Å². The first kappa shape index (κ1) is 31.5. The molecule has 4 atom stereocenters. The quantitative estimate of drug-likeness (QED) is 0.296. The molecule has 1 aliphatic carbocycles. The van der Waals surface area contributed by atoms with Crippen LogP contribution in [0.2, 0.25) is 10.0 Å². The van der Waals surface area contributed by atoms with Gasteiger partial charge in [-0.25, -0.2) is 0 Å². The van der Waals surface area contributed by atoms with Gasteiger partial charge in [-0.15, -0.1) is 0 Å². The average molecular weight is 686 g/mol. The van der Waals surface area contributed by atoms with Gasteiger partial charge >= 0.3 is 11.9 Å². The highest BCUT2D eigenvalue weighted by molar-refractivity contribution is 6.43. The summed E-state index contributed by atoms with van der Waals surface area (Å²) in [6.45, 7) is 2.88. The van der Waals surface area contributed by atoms with E-state index < -0.39 is 29.8 Å². The fourth-order valence-electron chi connectivity index (χ4n) is 7.19. The minimum absolute atomic E-state index is 0.0683. The summed E-state index contributed by atoms with van der Waals surface area (Å²) in [6, 6.07) is 13.0. The van der Waals surface area contributed by atoms with Crippen LogP contribution in [-0.2, 0) is 19.1 Å². The molecule has 0 spiro atoms. The molecule has 0 radical (unpaired) electrons. The average Bonchev–Trinajstić information content (AvgIpc) is 3.71. The van der Waals surface area contributed by atoms with Crippen LogP contribution in [0.15, 0.2) is 42.5 Å². The molecular formula is C34H34Cl2N2O9. The number of halogens is 2. The van der Waals surface area contributed by atoms with Crippen molar-refractivity contribution in [3.05, 3.63) is 69.2 Å². The minimum Gasteiger partial charge on any atom is -0.493 e. The number of hydrogen-bond donors (Lipinski definition) is 0. The third-order valence-corrected chi connectivity index (χ3v) is 10.2. The van der Waals surface area contributed by atoms with E-state index in [0.29, 0.717) is 65.0 Å². The molecule has 47 heavy (non-hydrogen) atoms. The van der Waals surface area contributed by atoms with Crippen molar-refractivity contribution in [3.63, 3.8) is 0 Å². The first-order valence-corrected chi connectivity index (χ1v) is 16.1. The molecule has 0 bridgehead atoms. The van der Waals surface area contributed by atoms with Gasteiger partial charge in [0, 0.05) is 43.6 Å². The van der Waals surface area contributed by atoms with E-state index in [1.165, 1.54) is 7.11 Å². The predicted octanol–water partition coefficient (Wildman–Crippen LogP) is 5.09. The number of anilines is 1. The molecule has 0 aromatic heterocycles. The molecule has 0 saturated carbocycles. The lowest BCUT2D eigenvalue weighted by Crippen LogP contribution is -2.48. The molecule has 2 fully saturated rings. The number of fused-ring (bicyclic) bond motifs is 3.